The van der Waals surface area contributed by atoms with E-state index in [-0.39, 0.29) is 19.0 Å². The third kappa shape index (κ3) is 25.8. The molecule has 0 atom stereocenters. The van der Waals surface area contributed by atoms with Crippen LogP contribution in [0.2, 0.25) is 0 Å². The summed E-state index contributed by atoms with van der Waals surface area (Å²) in [6.07, 6.45) is 0.471. The van der Waals surface area contributed by atoms with Gasteiger partial charge in [-0.3, -0.25) is 4.55 Å². The summed E-state index contributed by atoms with van der Waals surface area (Å²) in [6, 6.07) is 0. The van der Waals surface area contributed by atoms with E-state index in [4.69, 9.17) is 14.8 Å². The Hall–Kier alpha value is -0.170. The lowest BCUT2D eigenvalue weighted by atomic mass is 10.6. The first-order chi connectivity index (χ1) is 4.97. The largest absolute Gasteiger partial charge is 0.394 e. The highest BCUT2D eigenvalue weighted by atomic mass is 32.2. The third-order valence-electron chi connectivity index (χ3n) is 0.562. The maximum atomic E-state index is 9.79. The zero-order valence-electron chi connectivity index (χ0n) is 6.39. The summed E-state index contributed by atoms with van der Waals surface area (Å²) in [7, 11) is -3.67. The molecule has 0 saturated heterocycles. The molecule has 3 N–H and O–H groups in total. The van der Waals surface area contributed by atoms with Gasteiger partial charge in [0.05, 0.1) is 19.0 Å². The summed E-state index contributed by atoms with van der Waals surface area (Å²) < 4.78 is 27.6. The van der Waals surface area contributed by atoms with Crippen LogP contribution in [0.3, 0.4) is 0 Å². The van der Waals surface area contributed by atoms with Crippen LogP contribution in [0.15, 0.2) is 0 Å². The lowest BCUT2D eigenvalue weighted by Crippen LogP contribution is -2.01. The lowest BCUT2D eigenvalue weighted by Gasteiger charge is -1.85. The highest BCUT2D eigenvalue weighted by molar-refractivity contribution is 7.85. The van der Waals surface area contributed by atoms with Gasteiger partial charge in [0, 0.05) is 0 Å². The van der Waals surface area contributed by atoms with Gasteiger partial charge in [-0.15, -0.1) is 0 Å². The first kappa shape index (κ1) is 13.4. The number of hydrogen-bond acceptors (Lipinski definition) is 4. The quantitative estimate of drug-likeness (QED) is 0.504. The van der Waals surface area contributed by atoms with E-state index >= 15 is 0 Å². The van der Waals surface area contributed by atoms with Crippen molar-refractivity contribution in [1.29, 1.82) is 0 Å². The lowest BCUT2D eigenvalue weighted by molar-refractivity contribution is 0.186. The van der Waals surface area contributed by atoms with Crippen molar-refractivity contribution >= 4 is 10.1 Å². The predicted octanol–water partition coefficient (Wildman–Crippen LogP) is -0.745. The molecule has 6 heteroatoms. The second kappa shape index (κ2) is 7.93. The van der Waals surface area contributed by atoms with Gasteiger partial charge in [-0.25, -0.2) is 0 Å². The Labute approximate surface area is 66.4 Å². The SMILES string of the molecule is CCCS(=O)(=O)O.OCCO. The maximum Gasteiger partial charge on any atom is 0.264 e. The van der Waals surface area contributed by atoms with Crippen LogP contribution < -0.4 is 0 Å². The van der Waals surface area contributed by atoms with Crippen molar-refractivity contribution in [3.63, 3.8) is 0 Å². The Bertz CT molecular complexity index is 148. The Morgan fingerprint density at radius 2 is 1.55 bits per heavy atom. The monoisotopic (exact) mass is 186 g/mol. The fourth-order valence-electron chi connectivity index (χ4n) is 0.258. The zero-order valence-corrected chi connectivity index (χ0v) is 7.21. The van der Waals surface area contributed by atoms with Crippen LogP contribution >= 0.6 is 0 Å². The molecule has 0 heterocycles. The minimum absolute atomic E-state index is 0.125. The van der Waals surface area contributed by atoms with Crippen molar-refractivity contribution < 1.29 is 23.2 Å². The van der Waals surface area contributed by atoms with Gasteiger partial charge < -0.3 is 10.2 Å². The average molecular weight is 186 g/mol. The van der Waals surface area contributed by atoms with E-state index < -0.39 is 10.1 Å². The predicted molar refractivity (Wildman–Crippen MR) is 40.9 cm³/mol. The van der Waals surface area contributed by atoms with Crippen LogP contribution in [0.5, 0.6) is 0 Å². The van der Waals surface area contributed by atoms with E-state index in [9.17, 15) is 8.42 Å². The van der Waals surface area contributed by atoms with E-state index in [0.29, 0.717) is 6.42 Å². The molecule has 70 valence electrons. The Morgan fingerprint density at radius 3 is 1.55 bits per heavy atom. The molecule has 0 bridgehead atoms. The Kier molecular flexibility index (Phi) is 9.68. The first-order valence-corrected chi connectivity index (χ1v) is 4.75. The second-order valence-electron chi connectivity index (χ2n) is 1.73. The number of aliphatic hydroxyl groups excluding tert-OH is 2. The van der Waals surface area contributed by atoms with Crippen molar-refractivity contribution in [3.8, 4) is 0 Å². The average Bonchev–Trinajstić information content (AvgIpc) is 1.86. The summed E-state index contributed by atoms with van der Waals surface area (Å²) in [5.41, 5.74) is 0. The molecule has 0 spiro atoms. The molecule has 0 fully saturated rings. The minimum atomic E-state index is -3.67. The van der Waals surface area contributed by atoms with Crippen LogP contribution in [0, 0.1) is 0 Å². The topological polar surface area (TPSA) is 94.8 Å². The smallest absolute Gasteiger partial charge is 0.264 e. The first-order valence-electron chi connectivity index (χ1n) is 3.14. The molecule has 0 saturated carbocycles. The summed E-state index contributed by atoms with van der Waals surface area (Å²) >= 11 is 0. The highest BCUT2D eigenvalue weighted by Crippen LogP contribution is 1.83. The maximum absolute atomic E-state index is 9.79. The molecule has 0 amide bonds. The number of aliphatic hydroxyl groups is 2. The van der Waals surface area contributed by atoms with Crippen LogP contribution in [0.1, 0.15) is 13.3 Å². The van der Waals surface area contributed by atoms with E-state index in [0.717, 1.165) is 0 Å². The summed E-state index contributed by atoms with van der Waals surface area (Å²) in [5, 5.41) is 15.2. The second-order valence-corrected chi connectivity index (χ2v) is 3.31. The normalized spacial score (nSPS) is 10.2. The van der Waals surface area contributed by atoms with E-state index in [1.54, 1.807) is 6.92 Å². The van der Waals surface area contributed by atoms with Gasteiger partial charge in [0.2, 0.25) is 0 Å². The van der Waals surface area contributed by atoms with Gasteiger partial charge >= 0.3 is 0 Å². The molecule has 0 aliphatic heterocycles. The van der Waals surface area contributed by atoms with Crippen LogP contribution in [0.4, 0.5) is 0 Å². The van der Waals surface area contributed by atoms with Gasteiger partial charge in [-0.1, -0.05) is 6.92 Å². The standard InChI is InChI=1S/C3H8O3S.C2H6O2/c1-2-3-7(4,5)6;3-1-2-4/h2-3H2,1H3,(H,4,5,6);3-4H,1-2H2. The van der Waals surface area contributed by atoms with Gasteiger partial charge in [0.1, 0.15) is 0 Å². The van der Waals surface area contributed by atoms with Crippen molar-refractivity contribution in [2.75, 3.05) is 19.0 Å². The van der Waals surface area contributed by atoms with Crippen LogP contribution in [0.25, 0.3) is 0 Å². The fraction of sp³-hybridized carbons (Fsp3) is 1.00. The van der Waals surface area contributed by atoms with Gasteiger partial charge in [-0.2, -0.15) is 8.42 Å². The molecule has 0 radical (unpaired) electrons. The zero-order chi connectivity index (χ0) is 9.33. The van der Waals surface area contributed by atoms with Gasteiger partial charge in [-0.05, 0) is 6.42 Å². The van der Waals surface area contributed by atoms with Crippen molar-refractivity contribution in [1.82, 2.24) is 0 Å². The molecule has 0 aromatic heterocycles. The highest BCUT2D eigenvalue weighted by Gasteiger charge is 1.98. The van der Waals surface area contributed by atoms with E-state index in [2.05, 4.69) is 0 Å². The third-order valence-corrected chi connectivity index (χ3v) is 1.49. The minimum Gasteiger partial charge on any atom is -0.394 e. The molecular formula is C5H14O5S. The molecule has 5 nitrogen and oxygen atoms in total. The van der Waals surface area contributed by atoms with Crippen LogP contribution in [-0.2, 0) is 10.1 Å². The molecule has 11 heavy (non-hydrogen) atoms. The summed E-state index contributed by atoms with van der Waals surface area (Å²) in [4.78, 5) is 0. The number of rotatable bonds is 3. The van der Waals surface area contributed by atoms with Crippen molar-refractivity contribution in [3.05, 3.63) is 0 Å². The molecule has 0 aliphatic carbocycles. The Balaban J connectivity index is 0. The van der Waals surface area contributed by atoms with Gasteiger partial charge in [0.15, 0.2) is 0 Å². The van der Waals surface area contributed by atoms with E-state index in [1.807, 2.05) is 0 Å². The molecule has 0 aliphatic rings. The van der Waals surface area contributed by atoms with Crippen molar-refractivity contribution in [2.24, 2.45) is 0 Å². The molecule has 0 unspecified atom stereocenters. The summed E-state index contributed by atoms with van der Waals surface area (Å²) in [6.45, 7) is 1.44. The molecular weight excluding hydrogens is 172 g/mol. The van der Waals surface area contributed by atoms with Crippen LogP contribution in [-0.4, -0.2) is 42.2 Å². The van der Waals surface area contributed by atoms with Crippen molar-refractivity contribution in [2.45, 2.75) is 13.3 Å². The Morgan fingerprint density at radius 1 is 1.18 bits per heavy atom. The fourth-order valence-corrected chi connectivity index (χ4v) is 0.774. The molecule has 0 aromatic carbocycles. The molecule has 0 rings (SSSR count). The molecule has 0 aromatic rings. The van der Waals surface area contributed by atoms with E-state index in [1.165, 1.54) is 0 Å². The summed E-state index contributed by atoms with van der Waals surface area (Å²) in [5.74, 6) is -0.132. The van der Waals surface area contributed by atoms with Gasteiger partial charge in [0.25, 0.3) is 10.1 Å². The number of hydrogen-bond donors (Lipinski definition) is 3.